The maximum Gasteiger partial charge on any atom is 0.0619 e. The first-order valence-corrected chi connectivity index (χ1v) is 7.39. The summed E-state index contributed by atoms with van der Waals surface area (Å²) >= 11 is 0. The van der Waals surface area contributed by atoms with Crippen LogP contribution in [0.1, 0.15) is 38.5 Å². The maximum absolute atomic E-state index is 5.85. The number of ether oxygens (including phenoxy) is 1. The van der Waals surface area contributed by atoms with Gasteiger partial charge in [0, 0.05) is 24.6 Å². The van der Waals surface area contributed by atoms with Gasteiger partial charge in [0.2, 0.25) is 0 Å². The summed E-state index contributed by atoms with van der Waals surface area (Å²) in [6.07, 6.45) is 8.54. The molecule has 0 amide bonds. The fourth-order valence-corrected chi connectivity index (χ4v) is 3.86. The van der Waals surface area contributed by atoms with E-state index in [-0.39, 0.29) is 0 Å². The van der Waals surface area contributed by atoms with Gasteiger partial charge in [-0.1, -0.05) is 0 Å². The van der Waals surface area contributed by atoms with E-state index >= 15 is 0 Å². The third-order valence-corrected chi connectivity index (χ3v) is 4.95. The highest BCUT2D eigenvalue weighted by Gasteiger charge is 2.38. The first-order chi connectivity index (χ1) is 8.33. The zero-order valence-corrected chi connectivity index (χ0v) is 11.0. The Bertz CT molecular complexity index is 251. The van der Waals surface area contributed by atoms with Gasteiger partial charge in [-0.2, -0.15) is 0 Å². The van der Waals surface area contributed by atoms with Crippen LogP contribution in [0.25, 0.3) is 0 Å². The van der Waals surface area contributed by atoms with E-state index in [1.165, 1.54) is 51.6 Å². The monoisotopic (exact) mass is 238 g/mol. The van der Waals surface area contributed by atoms with E-state index < -0.39 is 0 Å². The van der Waals surface area contributed by atoms with Gasteiger partial charge in [0.25, 0.3) is 0 Å². The lowest BCUT2D eigenvalue weighted by Gasteiger charge is -2.38. The molecule has 0 spiro atoms. The average molecular weight is 238 g/mol. The normalized spacial score (nSPS) is 40.4. The molecule has 3 fully saturated rings. The first-order valence-electron chi connectivity index (χ1n) is 7.39. The molecule has 3 aliphatic rings. The van der Waals surface area contributed by atoms with Crippen LogP contribution >= 0.6 is 0 Å². The molecule has 1 aliphatic carbocycles. The molecule has 2 saturated heterocycles. The van der Waals surface area contributed by atoms with Crippen molar-refractivity contribution in [2.45, 2.75) is 56.7 Å². The Balaban J connectivity index is 1.53. The Labute approximate surface area is 105 Å². The van der Waals surface area contributed by atoms with E-state index in [0.29, 0.717) is 6.10 Å². The lowest BCUT2D eigenvalue weighted by Crippen LogP contribution is -2.50. The molecule has 98 valence electrons. The molecule has 0 bridgehead atoms. The van der Waals surface area contributed by atoms with Crippen molar-refractivity contribution < 1.29 is 4.74 Å². The lowest BCUT2D eigenvalue weighted by molar-refractivity contribution is 0.0489. The van der Waals surface area contributed by atoms with Crippen LogP contribution in [0.5, 0.6) is 0 Å². The van der Waals surface area contributed by atoms with Crippen molar-refractivity contribution in [2.24, 2.45) is 5.92 Å². The van der Waals surface area contributed by atoms with E-state index in [4.69, 9.17) is 4.74 Å². The minimum atomic E-state index is 0.576. The highest BCUT2D eigenvalue weighted by molar-refractivity contribution is 4.92. The van der Waals surface area contributed by atoms with Crippen LogP contribution in [0.3, 0.4) is 0 Å². The van der Waals surface area contributed by atoms with Gasteiger partial charge in [0.15, 0.2) is 0 Å². The molecular formula is C14H26N2O. The first kappa shape index (κ1) is 11.9. The van der Waals surface area contributed by atoms with Crippen molar-refractivity contribution in [2.75, 3.05) is 26.7 Å². The summed E-state index contributed by atoms with van der Waals surface area (Å²) in [7, 11) is 2.23. The molecule has 0 aromatic carbocycles. The summed E-state index contributed by atoms with van der Waals surface area (Å²) < 4.78 is 5.85. The van der Waals surface area contributed by atoms with Crippen molar-refractivity contribution in [1.82, 2.24) is 10.2 Å². The van der Waals surface area contributed by atoms with E-state index in [1.54, 1.807) is 0 Å². The van der Waals surface area contributed by atoms with Gasteiger partial charge in [0.1, 0.15) is 0 Å². The molecule has 0 aromatic heterocycles. The molecule has 2 heterocycles. The highest BCUT2D eigenvalue weighted by atomic mass is 16.5. The molecule has 0 aromatic rings. The van der Waals surface area contributed by atoms with Crippen molar-refractivity contribution in [3.63, 3.8) is 0 Å². The Morgan fingerprint density at radius 1 is 1.06 bits per heavy atom. The largest absolute Gasteiger partial charge is 0.378 e. The van der Waals surface area contributed by atoms with Crippen LogP contribution in [-0.2, 0) is 4.74 Å². The van der Waals surface area contributed by atoms with Gasteiger partial charge in [-0.3, -0.25) is 0 Å². The molecule has 3 atom stereocenters. The van der Waals surface area contributed by atoms with Crippen LogP contribution in [0, 0.1) is 5.92 Å². The summed E-state index contributed by atoms with van der Waals surface area (Å²) in [5.41, 5.74) is 0. The predicted octanol–water partition coefficient (Wildman–Crippen LogP) is 1.63. The Kier molecular flexibility index (Phi) is 3.69. The van der Waals surface area contributed by atoms with Gasteiger partial charge in [-0.25, -0.2) is 0 Å². The standard InChI is InChI=1S/C14H26N2O/c1-16-8-5-11(6-9-16)15-13-3-2-4-14-12(13)7-10-17-14/h11-15H,2-10H2,1H3/t12-,13-,14+/m1/s1. The van der Waals surface area contributed by atoms with Crippen LogP contribution in [-0.4, -0.2) is 49.8 Å². The zero-order chi connectivity index (χ0) is 11.7. The molecule has 3 nitrogen and oxygen atoms in total. The quantitative estimate of drug-likeness (QED) is 0.791. The topological polar surface area (TPSA) is 24.5 Å². The summed E-state index contributed by atoms with van der Waals surface area (Å²) in [5.74, 6) is 0.809. The van der Waals surface area contributed by atoms with Crippen LogP contribution < -0.4 is 5.32 Å². The predicted molar refractivity (Wildman–Crippen MR) is 69.1 cm³/mol. The number of fused-ring (bicyclic) bond motifs is 1. The second-order valence-electron chi connectivity index (χ2n) is 6.14. The molecule has 3 rings (SSSR count). The number of likely N-dealkylation sites (tertiary alicyclic amines) is 1. The van der Waals surface area contributed by atoms with E-state index in [0.717, 1.165) is 24.6 Å². The van der Waals surface area contributed by atoms with E-state index in [9.17, 15) is 0 Å². The lowest BCUT2D eigenvalue weighted by atomic mass is 9.81. The molecule has 0 unspecified atom stereocenters. The van der Waals surface area contributed by atoms with Gasteiger partial charge in [0.05, 0.1) is 6.10 Å². The van der Waals surface area contributed by atoms with E-state index in [1.807, 2.05) is 0 Å². The second kappa shape index (κ2) is 5.25. The van der Waals surface area contributed by atoms with Crippen LogP contribution in [0.2, 0.25) is 0 Å². The molecule has 17 heavy (non-hydrogen) atoms. The maximum atomic E-state index is 5.85. The number of hydrogen-bond acceptors (Lipinski definition) is 3. The summed E-state index contributed by atoms with van der Waals surface area (Å²) in [4.78, 5) is 2.44. The molecule has 2 aliphatic heterocycles. The highest BCUT2D eigenvalue weighted by Crippen LogP contribution is 2.34. The fourth-order valence-electron chi connectivity index (χ4n) is 3.86. The third-order valence-electron chi connectivity index (χ3n) is 4.95. The number of piperidine rings is 1. The molecular weight excluding hydrogens is 212 g/mol. The van der Waals surface area contributed by atoms with Gasteiger partial charge in [-0.15, -0.1) is 0 Å². The number of hydrogen-bond donors (Lipinski definition) is 1. The van der Waals surface area contributed by atoms with Gasteiger partial charge in [-0.05, 0) is 58.7 Å². The number of nitrogens with one attached hydrogen (secondary N) is 1. The van der Waals surface area contributed by atoms with E-state index in [2.05, 4.69) is 17.3 Å². The third kappa shape index (κ3) is 2.67. The smallest absolute Gasteiger partial charge is 0.0619 e. The van der Waals surface area contributed by atoms with Crippen molar-refractivity contribution in [3.8, 4) is 0 Å². The summed E-state index contributed by atoms with van der Waals surface area (Å²) in [6, 6.07) is 1.50. The second-order valence-corrected chi connectivity index (χ2v) is 6.14. The van der Waals surface area contributed by atoms with Gasteiger partial charge < -0.3 is 15.0 Å². The number of rotatable bonds is 2. The van der Waals surface area contributed by atoms with Crippen molar-refractivity contribution in [1.29, 1.82) is 0 Å². The van der Waals surface area contributed by atoms with Crippen LogP contribution in [0.15, 0.2) is 0 Å². The SMILES string of the molecule is CN1CCC(N[C@@H]2CCC[C@@H]3OCC[C@@H]32)CC1. The van der Waals surface area contributed by atoms with Crippen molar-refractivity contribution in [3.05, 3.63) is 0 Å². The fraction of sp³-hybridized carbons (Fsp3) is 1.00. The Morgan fingerprint density at radius 3 is 2.71 bits per heavy atom. The summed E-state index contributed by atoms with van der Waals surface area (Å²) in [5, 5.41) is 3.94. The summed E-state index contributed by atoms with van der Waals surface area (Å²) in [6.45, 7) is 3.52. The van der Waals surface area contributed by atoms with Crippen molar-refractivity contribution >= 4 is 0 Å². The van der Waals surface area contributed by atoms with Crippen LogP contribution in [0.4, 0.5) is 0 Å². The minimum absolute atomic E-state index is 0.576. The Hall–Kier alpha value is -0.120. The zero-order valence-electron chi connectivity index (χ0n) is 11.0. The number of nitrogens with zero attached hydrogens (tertiary/aromatic N) is 1. The molecule has 1 N–H and O–H groups in total. The Morgan fingerprint density at radius 2 is 1.88 bits per heavy atom. The average Bonchev–Trinajstić information content (AvgIpc) is 2.81. The minimum Gasteiger partial charge on any atom is -0.378 e. The van der Waals surface area contributed by atoms with Gasteiger partial charge >= 0.3 is 0 Å². The molecule has 3 heteroatoms. The molecule has 0 radical (unpaired) electrons. The molecule has 1 saturated carbocycles.